The van der Waals surface area contributed by atoms with E-state index in [0.29, 0.717) is 17.6 Å². The molecule has 1 fully saturated rings. The monoisotopic (exact) mass is 228 g/mol. The highest BCUT2D eigenvalue weighted by Crippen LogP contribution is 2.20. The molecule has 0 amide bonds. The quantitative estimate of drug-likeness (QED) is 0.767. The first-order valence-electron chi connectivity index (χ1n) is 6.55. The summed E-state index contributed by atoms with van der Waals surface area (Å²) in [4.78, 5) is 2.56. The summed E-state index contributed by atoms with van der Waals surface area (Å²) in [5.41, 5.74) is 0.307. The minimum absolute atomic E-state index is 0.287. The van der Waals surface area contributed by atoms with Gasteiger partial charge in [-0.15, -0.1) is 0 Å². The summed E-state index contributed by atoms with van der Waals surface area (Å²) in [6, 6.07) is 1.08. The van der Waals surface area contributed by atoms with E-state index in [1.807, 2.05) is 0 Å². The van der Waals surface area contributed by atoms with Gasteiger partial charge in [0.05, 0.1) is 0 Å². The highest BCUT2D eigenvalue weighted by atomic mass is 16.3. The molecule has 1 saturated heterocycles. The molecule has 3 nitrogen and oxygen atoms in total. The number of piperidine rings is 1. The molecule has 1 rings (SSSR count). The van der Waals surface area contributed by atoms with E-state index >= 15 is 0 Å². The molecule has 0 aliphatic carbocycles. The van der Waals surface area contributed by atoms with Crippen molar-refractivity contribution in [2.45, 2.75) is 64.6 Å². The van der Waals surface area contributed by atoms with Crippen LogP contribution in [0.25, 0.3) is 0 Å². The summed E-state index contributed by atoms with van der Waals surface area (Å²) in [6.07, 6.45) is 3.32. The molecular formula is C13H28N2O. The Labute approximate surface area is 100 Å². The SMILES string of the molecule is CC(CCO)NC1CCN(C(C)(C)C)CC1. The Hall–Kier alpha value is -0.120. The van der Waals surface area contributed by atoms with Crippen LogP contribution in [0, 0.1) is 0 Å². The average molecular weight is 228 g/mol. The Kier molecular flexibility index (Phi) is 5.22. The van der Waals surface area contributed by atoms with Crippen molar-refractivity contribution in [1.82, 2.24) is 10.2 Å². The third-order valence-electron chi connectivity index (χ3n) is 3.53. The van der Waals surface area contributed by atoms with Crippen LogP contribution in [0.15, 0.2) is 0 Å². The lowest BCUT2D eigenvalue weighted by atomic mass is 9.97. The van der Waals surface area contributed by atoms with Crippen molar-refractivity contribution in [2.24, 2.45) is 0 Å². The van der Waals surface area contributed by atoms with Crippen LogP contribution in [0.3, 0.4) is 0 Å². The largest absolute Gasteiger partial charge is 0.396 e. The maximum Gasteiger partial charge on any atom is 0.0445 e. The van der Waals surface area contributed by atoms with Gasteiger partial charge in [0.1, 0.15) is 0 Å². The zero-order valence-electron chi connectivity index (χ0n) is 11.3. The summed E-state index contributed by atoms with van der Waals surface area (Å²) >= 11 is 0. The van der Waals surface area contributed by atoms with Gasteiger partial charge in [-0.2, -0.15) is 0 Å². The van der Waals surface area contributed by atoms with Gasteiger partial charge in [0.2, 0.25) is 0 Å². The van der Waals surface area contributed by atoms with E-state index in [1.165, 1.54) is 25.9 Å². The van der Waals surface area contributed by atoms with Crippen LogP contribution in [0.1, 0.15) is 47.0 Å². The highest BCUT2D eigenvalue weighted by molar-refractivity contribution is 4.85. The van der Waals surface area contributed by atoms with Gasteiger partial charge in [-0.05, 0) is 47.0 Å². The first kappa shape index (κ1) is 13.9. The van der Waals surface area contributed by atoms with E-state index in [9.17, 15) is 0 Å². The van der Waals surface area contributed by atoms with Crippen molar-refractivity contribution in [3.63, 3.8) is 0 Å². The molecule has 0 aromatic carbocycles. The first-order chi connectivity index (χ1) is 7.43. The van der Waals surface area contributed by atoms with Crippen molar-refractivity contribution in [3.8, 4) is 0 Å². The number of nitrogens with zero attached hydrogens (tertiary/aromatic N) is 1. The number of nitrogens with one attached hydrogen (secondary N) is 1. The van der Waals surface area contributed by atoms with Gasteiger partial charge in [-0.25, -0.2) is 0 Å². The first-order valence-corrected chi connectivity index (χ1v) is 6.55. The van der Waals surface area contributed by atoms with Gasteiger partial charge < -0.3 is 10.4 Å². The zero-order chi connectivity index (χ0) is 12.2. The fourth-order valence-corrected chi connectivity index (χ4v) is 2.40. The maximum absolute atomic E-state index is 8.87. The normalized spacial score (nSPS) is 22.3. The van der Waals surface area contributed by atoms with Crippen molar-refractivity contribution in [2.75, 3.05) is 19.7 Å². The predicted molar refractivity (Wildman–Crippen MR) is 68.6 cm³/mol. The lowest BCUT2D eigenvalue weighted by molar-refractivity contribution is 0.0932. The van der Waals surface area contributed by atoms with Gasteiger partial charge in [0, 0.05) is 37.3 Å². The maximum atomic E-state index is 8.87. The summed E-state index contributed by atoms with van der Waals surface area (Å²) < 4.78 is 0. The Morgan fingerprint density at radius 1 is 1.31 bits per heavy atom. The standard InChI is InChI=1S/C13H28N2O/c1-11(7-10-16)14-12-5-8-15(9-6-12)13(2,3)4/h11-12,14,16H,5-10H2,1-4H3. The van der Waals surface area contributed by atoms with Crippen molar-refractivity contribution >= 4 is 0 Å². The van der Waals surface area contributed by atoms with E-state index in [2.05, 4.69) is 37.9 Å². The Morgan fingerprint density at radius 2 is 1.88 bits per heavy atom. The molecule has 1 aliphatic rings. The second kappa shape index (κ2) is 5.99. The molecule has 0 aromatic heterocycles. The minimum Gasteiger partial charge on any atom is -0.396 e. The van der Waals surface area contributed by atoms with Gasteiger partial charge in [-0.3, -0.25) is 4.90 Å². The number of likely N-dealkylation sites (tertiary alicyclic amines) is 1. The second-order valence-electron chi connectivity index (χ2n) is 6.01. The van der Waals surface area contributed by atoms with Crippen molar-refractivity contribution < 1.29 is 5.11 Å². The summed E-state index contributed by atoms with van der Waals surface area (Å²) in [5, 5.41) is 12.5. The molecule has 1 heterocycles. The third kappa shape index (κ3) is 4.40. The molecule has 96 valence electrons. The second-order valence-corrected chi connectivity index (χ2v) is 6.01. The van der Waals surface area contributed by atoms with E-state index in [0.717, 1.165) is 6.42 Å². The molecule has 1 aliphatic heterocycles. The molecule has 1 unspecified atom stereocenters. The smallest absolute Gasteiger partial charge is 0.0445 e. The number of hydrogen-bond acceptors (Lipinski definition) is 3. The molecule has 0 saturated carbocycles. The molecule has 0 aromatic rings. The van der Waals surface area contributed by atoms with Crippen molar-refractivity contribution in [1.29, 1.82) is 0 Å². The summed E-state index contributed by atoms with van der Waals surface area (Å²) in [7, 11) is 0. The molecule has 0 spiro atoms. The minimum atomic E-state index is 0.287. The molecule has 3 heteroatoms. The van der Waals surface area contributed by atoms with Gasteiger partial charge >= 0.3 is 0 Å². The fourth-order valence-electron chi connectivity index (χ4n) is 2.40. The number of hydrogen-bond donors (Lipinski definition) is 2. The van der Waals surface area contributed by atoms with Gasteiger partial charge in [0.25, 0.3) is 0 Å². The van der Waals surface area contributed by atoms with Crippen molar-refractivity contribution in [3.05, 3.63) is 0 Å². The number of aliphatic hydroxyl groups excluding tert-OH is 1. The summed E-state index contributed by atoms with van der Waals surface area (Å²) in [6.45, 7) is 11.7. The van der Waals surface area contributed by atoms with Crippen LogP contribution in [-0.2, 0) is 0 Å². The van der Waals surface area contributed by atoms with E-state index in [4.69, 9.17) is 5.11 Å². The molecule has 0 radical (unpaired) electrons. The molecule has 1 atom stereocenters. The zero-order valence-corrected chi connectivity index (χ0v) is 11.3. The molecule has 16 heavy (non-hydrogen) atoms. The van der Waals surface area contributed by atoms with Crippen LogP contribution in [0.5, 0.6) is 0 Å². The lowest BCUT2D eigenvalue weighted by Crippen LogP contribution is -2.51. The van der Waals surface area contributed by atoms with E-state index in [-0.39, 0.29) is 6.61 Å². The van der Waals surface area contributed by atoms with Crippen LogP contribution in [0.2, 0.25) is 0 Å². The van der Waals surface area contributed by atoms with Gasteiger partial charge in [0.15, 0.2) is 0 Å². The van der Waals surface area contributed by atoms with Crippen LogP contribution >= 0.6 is 0 Å². The Bertz CT molecular complexity index is 193. The van der Waals surface area contributed by atoms with E-state index < -0.39 is 0 Å². The van der Waals surface area contributed by atoms with Crippen LogP contribution in [-0.4, -0.2) is 47.3 Å². The third-order valence-corrected chi connectivity index (χ3v) is 3.53. The highest BCUT2D eigenvalue weighted by Gasteiger charge is 2.27. The van der Waals surface area contributed by atoms with Crippen LogP contribution < -0.4 is 5.32 Å². The van der Waals surface area contributed by atoms with Gasteiger partial charge in [-0.1, -0.05) is 0 Å². The Balaban J connectivity index is 2.27. The van der Waals surface area contributed by atoms with Crippen LogP contribution in [0.4, 0.5) is 0 Å². The average Bonchev–Trinajstić information content (AvgIpc) is 2.17. The Morgan fingerprint density at radius 3 is 2.31 bits per heavy atom. The van der Waals surface area contributed by atoms with E-state index in [1.54, 1.807) is 0 Å². The topological polar surface area (TPSA) is 35.5 Å². The molecular weight excluding hydrogens is 200 g/mol. The fraction of sp³-hybridized carbons (Fsp3) is 1.00. The molecule has 2 N–H and O–H groups in total. The lowest BCUT2D eigenvalue weighted by Gasteiger charge is -2.41. The number of aliphatic hydroxyl groups is 1. The number of rotatable bonds is 4. The molecule has 0 bridgehead atoms. The predicted octanol–water partition coefficient (Wildman–Crippen LogP) is 1.61. The summed E-state index contributed by atoms with van der Waals surface area (Å²) in [5.74, 6) is 0.